The van der Waals surface area contributed by atoms with Crippen LogP contribution in [-0.4, -0.2) is 54.2 Å². The summed E-state index contributed by atoms with van der Waals surface area (Å²) in [5, 5.41) is 4.26. The number of nitrogens with zero attached hydrogens (tertiary/aromatic N) is 3. The van der Waals surface area contributed by atoms with Crippen LogP contribution in [0, 0.1) is 5.41 Å². The van der Waals surface area contributed by atoms with Crippen molar-refractivity contribution < 1.29 is 9.47 Å². The summed E-state index contributed by atoms with van der Waals surface area (Å²) in [6.07, 6.45) is 7.93. The number of likely N-dealkylation sites (tertiary alicyclic amines) is 1. The molecule has 2 atom stereocenters. The second-order valence-electron chi connectivity index (χ2n) is 6.28. The number of aromatic nitrogens is 2. The van der Waals surface area contributed by atoms with Gasteiger partial charge >= 0.3 is 0 Å². The van der Waals surface area contributed by atoms with Crippen molar-refractivity contribution in [3.05, 3.63) is 18.0 Å². The lowest BCUT2D eigenvalue weighted by atomic mass is 9.73. The van der Waals surface area contributed by atoms with Crippen LogP contribution in [0.25, 0.3) is 0 Å². The van der Waals surface area contributed by atoms with Crippen LogP contribution in [0.4, 0.5) is 0 Å². The van der Waals surface area contributed by atoms with E-state index in [4.69, 9.17) is 9.47 Å². The lowest BCUT2D eigenvalue weighted by Gasteiger charge is -2.50. The third-order valence-corrected chi connectivity index (χ3v) is 4.66. The van der Waals surface area contributed by atoms with Gasteiger partial charge in [0, 0.05) is 57.6 Å². The first kappa shape index (κ1) is 14.0. The monoisotopic (exact) mass is 279 g/mol. The second kappa shape index (κ2) is 5.84. The quantitative estimate of drug-likeness (QED) is 0.836. The molecule has 0 unspecified atom stereocenters. The van der Waals surface area contributed by atoms with Crippen molar-refractivity contribution in [2.45, 2.75) is 31.9 Å². The number of fused-ring (bicyclic) bond motifs is 1. The zero-order chi connectivity index (χ0) is 14.0. The van der Waals surface area contributed by atoms with E-state index in [2.05, 4.69) is 16.2 Å². The van der Waals surface area contributed by atoms with E-state index in [1.807, 2.05) is 17.9 Å². The smallest absolute Gasteiger partial charge is 0.0677 e. The Morgan fingerprint density at radius 1 is 1.55 bits per heavy atom. The van der Waals surface area contributed by atoms with Crippen molar-refractivity contribution in [2.24, 2.45) is 12.5 Å². The number of hydrogen-bond acceptors (Lipinski definition) is 4. The summed E-state index contributed by atoms with van der Waals surface area (Å²) in [5.74, 6) is 0. The molecule has 3 rings (SSSR count). The maximum Gasteiger partial charge on any atom is 0.0677 e. The van der Waals surface area contributed by atoms with Crippen LogP contribution >= 0.6 is 0 Å². The molecule has 0 radical (unpaired) electrons. The highest BCUT2D eigenvalue weighted by Crippen LogP contribution is 2.40. The molecule has 3 heterocycles. The zero-order valence-electron chi connectivity index (χ0n) is 12.5. The standard InChI is InChI=1S/C15H25N3O2/c1-17-9-13(8-16-17)10-18-6-4-14-15(11-18,12-19-2)5-3-7-20-14/h8-9,14H,3-7,10-12H2,1-2H3/t14-,15-/m0/s1. The van der Waals surface area contributed by atoms with Gasteiger partial charge in [0.15, 0.2) is 0 Å². The van der Waals surface area contributed by atoms with Gasteiger partial charge in [-0.15, -0.1) is 0 Å². The number of rotatable bonds is 4. The van der Waals surface area contributed by atoms with E-state index in [0.29, 0.717) is 6.10 Å². The van der Waals surface area contributed by atoms with E-state index in [0.717, 1.165) is 45.7 Å². The summed E-state index contributed by atoms with van der Waals surface area (Å²) < 4.78 is 13.4. The first-order chi connectivity index (χ1) is 9.72. The Morgan fingerprint density at radius 3 is 3.20 bits per heavy atom. The molecule has 1 aromatic rings. The number of methoxy groups -OCH3 is 1. The van der Waals surface area contributed by atoms with Crippen LogP contribution in [0.2, 0.25) is 0 Å². The lowest BCUT2D eigenvalue weighted by Crippen LogP contribution is -2.56. The minimum Gasteiger partial charge on any atom is -0.384 e. The summed E-state index contributed by atoms with van der Waals surface area (Å²) >= 11 is 0. The third kappa shape index (κ3) is 2.75. The normalized spacial score (nSPS) is 31.2. The zero-order valence-corrected chi connectivity index (χ0v) is 12.5. The molecule has 1 aromatic heterocycles. The largest absolute Gasteiger partial charge is 0.384 e. The summed E-state index contributed by atoms with van der Waals surface area (Å²) in [7, 11) is 3.78. The molecule has 2 fully saturated rings. The highest BCUT2D eigenvalue weighted by atomic mass is 16.5. The Balaban J connectivity index is 1.69. The van der Waals surface area contributed by atoms with Crippen molar-refractivity contribution in [1.29, 1.82) is 0 Å². The molecule has 0 N–H and O–H groups in total. The van der Waals surface area contributed by atoms with Gasteiger partial charge in [0.1, 0.15) is 0 Å². The van der Waals surface area contributed by atoms with Crippen LogP contribution in [0.1, 0.15) is 24.8 Å². The lowest BCUT2D eigenvalue weighted by molar-refractivity contribution is -0.149. The van der Waals surface area contributed by atoms with Crippen LogP contribution < -0.4 is 0 Å². The molecule has 0 saturated carbocycles. The maximum absolute atomic E-state index is 6.02. The molecule has 5 heteroatoms. The first-order valence-corrected chi connectivity index (χ1v) is 7.52. The van der Waals surface area contributed by atoms with Crippen LogP contribution in [-0.2, 0) is 23.1 Å². The SMILES string of the molecule is COC[C@@]12CCCO[C@H]1CCN(Cc1cnn(C)c1)C2. The highest BCUT2D eigenvalue weighted by molar-refractivity contribution is 5.05. The molecular formula is C15H25N3O2. The fraction of sp³-hybridized carbons (Fsp3) is 0.800. The second-order valence-corrected chi connectivity index (χ2v) is 6.28. The van der Waals surface area contributed by atoms with E-state index in [9.17, 15) is 0 Å². The van der Waals surface area contributed by atoms with Gasteiger partial charge in [0.2, 0.25) is 0 Å². The van der Waals surface area contributed by atoms with Gasteiger partial charge in [-0.3, -0.25) is 9.58 Å². The average molecular weight is 279 g/mol. The van der Waals surface area contributed by atoms with Crippen molar-refractivity contribution in [3.8, 4) is 0 Å². The molecule has 0 aliphatic carbocycles. The van der Waals surface area contributed by atoms with Crippen LogP contribution in [0.5, 0.6) is 0 Å². The molecule has 5 nitrogen and oxygen atoms in total. The molecule has 2 saturated heterocycles. The van der Waals surface area contributed by atoms with E-state index in [1.54, 1.807) is 7.11 Å². The van der Waals surface area contributed by atoms with E-state index in [-0.39, 0.29) is 5.41 Å². The molecule has 112 valence electrons. The number of ether oxygens (including phenoxy) is 2. The molecule has 0 spiro atoms. The topological polar surface area (TPSA) is 39.5 Å². The Kier molecular flexibility index (Phi) is 4.10. The van der Waals surface area contributed by atoms with E-state index >= 15 is 0 Å². The highest BCUT2D eigenvalue weighted by Gasteiger charge is 2.45. The van der Waals surface area contributed by atoms with Gasteiger partial charge in [0.25, 0.3) is 0 Å². The summed E-state index contributed by atoms with van der Waals surface area (Å²) in [5.41, 5.74) is 1.48. The van der Waals surface area contributed by atoms with Gasteiger partial charge in [0.05, 0.1) is 18.9 Å². The minimum atomic E-state index is 0.188. The third-order valence-electron chi connectivity index (χ3n) is 4.66. The average Bonchev–Trinajstić information content (AvgIpc) is 2.84. The van der Waals surface area contributed by atoms with E-state index < -0.39 is 0 Å². The maximum atomic E-state index is 6.02. The predicted octanol–water partition coefficient (Wildman–Crippen LogP) is 1.44. The Morgan fingerprint density at radius 2 is 2.45 bits per heavy atom. The van der Waals surface area contributed by atoms with Crippen molar-refractivity contribution in [2.75, 3.05) is 33.4 Å². The summed E-state index contributed by atoms with van der Waals surface area (Å²) in [6, 6.07) is 0. The molecule has 20 heavy (non-hydrogen) atoms. The summed E-state index contributed by atoms with van der Waals surface area (Å²) in [6.45, 7) is 4.87. The van der Waals surface area contributed by atoms with Gasteiger partial charge in [-0.05, 0) is 19.3 Å². The predicted molar refractivity (Wildman–Crippen MR) is 76.4 cm³/mol. The fourth-order valence-electron chi connectivity index (χ4n) is 3.83. The van der Waals surface area contributed by atoms with Gasteiger partial charge in [-0.1, -0.05) is 0 Å². The van der Waals surface area contributed by atoms with Crippen molar-refractivity contribution in [3.63, 3.8) is 0 Å². The Bertz CT molecular complexity index is 444. The van der Waals surface area contributed by atoms with Gasteiger partial charge in [-0.2, -0.15) is 5.10 Å². The van der Waals surface area contributed by atoms with E-state index in [1.165, 1.54) is 12.0 Å². The van der Waals surface area contributed by atoms with Crippen LogP contribution in [0.3, 0.4) is 0 Å². The number of hydrogen-bond donors (Lipinski definition) is 0. The van der Waals surface area contributed by atoms with Crippen molar-refractivity contribution >= 4 is 0 Å². The number of piperidine rings is 1. The molecule has 0 aromatic carbocycles. The fourth-order valence-corrected chi connectivity index (χ4v) is 3.83. The molecule has 0 bridgehead atoms. The minimum absolute atomic E-state index is 0.188. The molecule has 0 amide bonds. The van der Waals surface area contributed by atoms with Crippen molar-refractivity contribution in [1.82, 2.24) is 14.7 Å². The Hall–Kier alpha value is -0.910. The van der Waals surface area contributed by atoms with Gasteiger partial charge < -0.3 is 9.47 Å². The Labute approximate surface area is 120 Å². The molecule has 2 aliphatic rings. The van der Waals surface area contributed by atoms with Gasteiger partial charge in [-0.25, -0.2) is 0 Å². The van der Waals surface area contributed by atoms with Crippen LogP contribution in [0.15, 0.2) is 12.4 Å². The summed E-state index contributed by atoms with van der Waals surface area (Å²) in [4.78, 5) is 2.53. The molecular weight excluding hydrogens is 254 g/mol. The molecule has 2 aliphatic heterocycles. The number of aryl methyl sites for hydroxylation is 1. The first-order valence-electron chi connectivity index (χ1n) is 7.52.